The molecule has 1 aromatic carbocycles. The van der Waals surface area contributed by atoms with Crippen molar-refractivity contribution < 1.29 is 8.42 Å². The summed E-state index contributed by atoms with van der Waals surface area (Å²) in [5.41, 5.74) is 3.69. The fraction of sp³-hybridized carbons (Fsp3) is 0.182. The molecule has 1 aliphatic carbocycles. The zero-order chi connectivity index (χ0) is 23.7. The number of anilines is 1. The number of halogens is 1. The van der Waals surface area contributed by atoms with Gasteiger partial charge in [-0.1, -0.05) is 6.07 Å². The van der Waals surface area contributed by atoms with Crippen molar-refractivity contribution in [2.75, 3.05) is 5.32 Å². The Morgan fingerprint density at radius 2 is 2.03 bits per heavy atom. The zero-order valence-electron chi connectivity index (χ0n) is 17.6. The first-order valence-electron chi connectivity index (χ1n) is 10.3. The van der Waals surface area contributed by atoms with E-state index < -0.39 is 10.0 Å². The molecule has 3 heterocycles. The molecule has 9 nitrogen and oxygen atoms in total. The summed E-state index contributed by atoms with van der Waals surface area (Å²) in [6, 6.07) is 11.7. The molecule has 1 fully saturated rings. The number of nitriles is 1. The molecule has 3 aromatic heterocycles. The van der Waals surface area contributed by atoms with Crippen LogP contribution in [0.15, 0.2) is 66.2 Å². The van der Waals surface area contributed by atoms with Gasteiger partial charge in [0.1, 0.15) is 6.33 Å². The second-order valence-corrected chi connectivity index (χ2v) is 11.3. The van der Waals surface area contributed by atoms with E-state index in [0.29, 0.717) is 18.4 Å². The standard InChI is InChI=1S/C22H18IN7O2S2/c23-33-30-7-5-18-21(19(12-26-22(18)30)20-4-6-25-13-27-20)28-15-9-16(10-15)29-34(31,32)17-3-1-2-14(8-17)11-24/h1-8,12-13,15-16,29H,9-10H2,(H,26,28)/t15-,16+. The van der Waals surface area contributed by atoms with Crippen molar-refractivity contribution in [1.82, 2.24) is 23.6 Å². The van der Waals surface area contributed by atoms with Gasteiger partial charge in [0.25, 0.3) is 0 Å². The number of nitrogens with one attached hydrogen (secondary N) is 2. The van der Waals surface area contributed by atoms with Crippen LogP contribution in [-0.2, 0) is 10.0 Å². The molecule has 172 valence electrons. The van der Waals surface area contributed by atoms with Crippen molar-refractivity contribution in [3.8, 4) is 17.3 Å². The maximum absolute atomic E-state index is 12.7. The number of sulfonamides is 1. The van der Waals surface area contributed by atoms with Crippen molar-refractivity contribution in [2.24, 2.45) is 0 Å². The van der Waals surface area contributed by atoms with E-state index in [2.05, 4.69) is 46.2 Å². The van der Waals surface area contributed by atoms with Crippen LogP contribution in [-0.4, -0.2) is 39.4 Å². The zero-order valence-corrected chi connectivity index (χ0v) is 21.4. The van der Waals surface area contributed by atoms with E-state index in [0.717, 1.165) is 28.0 Å². The molecule has 34 heavy (non-hydrogen) atoms. The summed E-state index contributed by atoms with van der Waals surface area (Å²) in [6.45, 7) is 0. The molecule has 0 bridgehead atoms. The predicted molar refractivity (Wildman–Crippen MR) is 140 cm³/mol. The molecule has 1 saturated carbocycles. The number of hydrogen-bond acceptors (Lipinski definition) is 8. The molecule has 12 heteroatoms. The lowest BCUT2D eigenvalue weighted by Gasteiger charge is -2.37. The van der Waals surface area contributed by atoms with Crippen LogP contribution in [0.25, 0.3) is 22.3 Å². The van der Waals surface area contributed by atoms with Crippen molar-refractivity contribution in [2.45, 2.75) is 29.8 Å². The van der Waals surface area contributed by atoms with E-state index in [9.17, 15) is 8.42 Å². The van der Waals surface area contributed by atoms with Gasteiger partial charge in [-0.05, 0) is 43.2 Å². The van der Waals surface area contributed by atoms with Crippen LogP contribution in [0.4, 0.5) is 5.69 Å². The van der Waals surface area contributed by atoms with Crippen molar-refractivity contribution in [1.29, 1.82) is 5.26 Å². The monoisotopic (exact) mass is 603 g/mol. The first-order chi connectivity index (χ1) is 16.5. The normalized spacial score (nSPS) is 17.8. The van der Waals surface area contributed by atoms with Gasteiger partial charge in [-0.25, -0.2) is 28.1 Å². The van der Waals surface area contributed by atoms with E-state index in [1.54, 1.807) is 24.5 Å². The van der Waals surface area contributed by atoms with Gasteiger partial charge in [0.05, 0.1) is 27.9 Å². The van der Waals surface area contributed by atoms with Crippen molar-refractivity contribution in [3.63, 3.8) is 0 Å². The maximum atomic E-state index is 12.7. The van der Waals surface area contributed by atoms with E-state index in [1.807, 2.05) is 28.4 Å². The van der Waals surface area contributed by atoms with Gasteiger partial charge >= 0.3 is 0 Å². The molecular formula is C22H18IN7O2S2. The molecular weight excluding hydrogens is 585 g/mol. The Balaban J connectivity index is 1.36. The fourth-order valence-corrected chi connectivity index (χ4v) is 6.55. The second-order valence-electron chi connectivity index (χ2n) is 7.86. The third kappa shape index (κ3) is 4.48. The Labute approximate surface area is 212 Å². The number of nitrogens with zero attached hydrogens (tertiary/aromatic N) is 5. The molecule has 2 N–H and O–H groups in total. The van der Waals surface area contributed by atoms with Gasteiger partial charge < -0.3 is 5.32 Å². The molecule has 4 aromatic rings. The lowest BCUT2D eigenvalue weighted by molar-refractivity contribution is 0.346. The highest BCUT2D eigenvalue weighted by Crippen LogP contribution is 2.37. The van der Waals surface area contributed by atoms with Crippen LogP contribution in [0.3, 0.4) is 0 Å². The summed E-state index contributed by atoms with van der Waals surface area (Å²) in [6.07, 6.45) is 8.23. The highest BCUT2D eigenvalue weighted by Gasteiger charge is 2.33. The summed E-state index contributed by atoms with van der Waals surface area (Å²) < 4.78 is 30.2. The number of aromatic nitrogens is 4. The summed E-state index contributed by atoms with van der Waals surface area (Å²) in [4.78, 5) is 13.1. The topological polar surface area (TPSA) is 126 Å². The minimum absolute atomic E-state index is 0.0833. The molecule has 0 unspecified atom stereocenters. The number of rotatable bonds is 7. The van der Waals surface area contributed by atoms with Crippen LogP contribution in [0.2, 0.25) is 0 Å². The average molecular weight is 603 g/mol. The third-order valence-corrected chi connectivity index (χ3v) is 8.93. The van der Waals surface area contributed by atoms with Crippen molar-refractivity contribution >= 4 is 57.1 Å². The summed E-state index contributed by atoms with van der Waals surface area (Å²) in [5, 5.41) is 13.6. The Hall–Kier alpha value is -2.73. The Bertz CT molecular complexity index is 1500. The lowest BCUT2D eigenvalue weighted by Crippen LogP contribution is -2.49. The molecule has 0 radical (unpaired) electrons. The summed E-state index contributed by atoms with van der Waals surface area (Å²) in [5.74, 6) is 0. The first-order valence-corrected chi connectivity index (χ1v) is 15.1. The molecule has 1 aliphatic rings. The molecule has 0 atom stereocenters. The van der Waals surface area contributed by atoms with Gasteiger partial charge in [0.2, 0.25) is 10.0 Å². The Morgan fingerprint density at radius 1 is 1.18 bits per heavy atom. The van der Waals surface area contributed by atoms with Gasteiger partial charge in [-0.2, -0.15) is 5.26 Å². The summed E-state index contributed by atoms with van der Waals surface area (Å²) in [7, 11) is -2.16. The molecule has 0 saturated heterocycles. The minimum atomic E-state index is -3.70. The van der Waals surface area contributed by atoms with E-state index >= 15 is 0 Å². The third-order valence-electron chi connectivity index (χ3n) is 5.69. The smallest absolute Gasteiger partial charge is 0.240 e. The van der Waals surface area contributed by atoms with Gasteiger partial charge in [-0.15, -0.1) is 0 Å². The predicted octanol–water partition coefficient (Wildman–Crippen LogP) is 4.13. The maximum Gasteiger partial charge on any atom is 0.240 e. The highest BCUT2D eigenvalue weighted by atomic mass is 127. The van der Waals surface area contributed by atoms with Crippen LogP contribution >= 0.6 is 30.3 Å². The number of hydrogen-bond donors (Lipinski definition) is 2. The van der Waals surface area contributed by atoms with E-state index in [-0.39, 0.29) is 17.0 Å². The lowest BCUT2D eigenvalue weighted by atomic mass is 9.87. The number of fused-ring (bicyclic) bond motifs is 1. The van der Waals surface area contributed by atoms with E-state index in [4.69, 9.17) is 5.26 Å². The van der Waals surface area contributed by atoms with Gasteiger partial charge in [0.15, 0.2) is 5.65 Å². The fourth-order valence-electron chi connectivity index (χ4n) is 3.97. The minimum Gasteiger partial charge on any atom is -0.381 e. The van der Waals surface area contributed by atoms with Crippen LogP contribution in [0, 0.1) is 11.3 Å². The summed E-state index contributed by atoms with van der Waals surface area (Å²) >= 11 is 2.21. The first kappa shape index (κ1) is 23.0. The van der Waals surface area contributed by atoms with Gasteiger partial charge in [-0.3, -0.25) is 3.97 Å². The Morgan fingerprint density at radius 3 is 2.76 bits per heavy atom. The highest BCUT2D eigenvalue weighted by molar-refractivity contribution is 14.2. The van der Waals surface area contributed by atoms with Crippen molar-refractivity contribution in [3.05, 3.63) is 66.9 Å². The Kier molecular flexibility index (Phi) is 6.43. The number of benzene rings is 1. The number of pyridine rings is 1. The average Bonchev–Trinajstić information content (AvgIpc) is 3.27. The SMILES string of the molecule is N#Cc1cccc(S(=O)(=O)N[C@H]2C[C@@H](Nc3c(-c4ccncn4)cnc4c3ccn4SI)C2)c1. The molecule has 0 aliphatic heterocycles. The van der Waals surface area contributed by atoms with Gasteiger partial charge in [0, 0.05) is 71.9 Å². The van der Waals surface area contributed by atoms with E-state index in [1.165, 1.54) is 27.6 Å². The molecule has 5 rings (SSSR count). The van der Waals surface area contributed by atoms with Crippen LogP contribution in [0.1, 0.15) is 18.4 Å². The van der Waals surface area contributed by atoms with Crippen LogP contribution in [0.5, 0.6) is 0 Å². The largest absolute Gasteiger partial charge is 0.381 e. The molecule has 0 amide bonds. The molecule has 0 spiro atoms. The van der Waals surface area contributed by atoms with Crippen LogP contribution < -0.4 is 10.0 Å². The second kappa shape index (κ2) is 9.49. The quantitative estimate of drug-likeness (QED) is 0.302.